The fourth-order valence-corrected chi connectivity index (χ4v) is 2.15. The number of imidazole rings is 1. The largest absolute Gasteiger partial charge is 0.353 e. The van der Waals surface area contributed by atoms with Crippen molar-refractivity contribution in [1.82, 2.24) is 9.55 Å². The third kappa shape index (κ3) is 2.75. The molecule has 1 aromatic carbocycles. The zero-order valence-corrected chi connectivity index (χ0v) is 12.7. The molecule has 0 fully saturated rings. The summed E-state index contributed by atoms with van der Waals surface area (Å²) in [4.78, 5) is 4.52. The second kappa shape index (κ2) is 5.14. The first-order valence-corrected chi connectivity index (χ1v) is 6.85. The van der Waals surface area contributed by atoms with Gasteiger partial charge in [-0.1, -0.05) is 22.0 Å². The molecule has 18 heavy (non-hydrogen) atoms. The summed E-state index contributed by atoms with van der Waals surface area (Å²) >= 11 is 3.57. The SMILES string of the molecule is Cc1cn(-c2ccc(C)c(Br)c2)c(NC(C)C)n1. The highest BCUT2D eigenvalue weighted by Gasteiger charge is 2.09. The van der Waals surface area contributed by atoms with Gasteiger partial charge in [0.05, 0.1) is 5.69 Å². The minimum atomic E-state index is 0.361. The molecule has 0 amide bonds. The first kappa shape index (κ1) is 13.1. The van der Waals surface area contributed by atoms with Crippen LogP contribution in [0.25, 0.3) is 5.69 Å². The van der Waals surface area contributed by atoms with Crippen molar-refractivity contribution in [2.24, 2.45) is 0 Å². The molecule has 4 heteroatoms. The second-order valence-corrected chi connectivity index (χ2v) is 5.66. The van der Waals surface area contributed by atoms with Crippen LogP contribution in [0.2, 0.25) is 0 Å². The summed E-state index contributed by atoms with van der Waals surface area (Å²) in [5, 5.41) is 3.36. The first-order valence-electron chi connectivity index (χ1n) is 6.06. The molecule has 0 aliphatic carbocycles. The van der Waals surface area contributed by atoms with E-state index in [2.05, 4.69) is 69.8 Å². The number of halogens is 1. The van der Waals surface area contributed by atoms with Crippen molar-refractivity contribution in [2.45, 2.75) is 33.7 Å². The van der Waals surface area contributed by atoms with Crippen LogP contribution in [-0.4, -0.2) is 15.6 Å². The summed E-state index contributed by atoms with van der Waals surface area (Å²) in [5.74, 6) is 0.887. The van der Waals surface area contributed by atoms with Gasteiger partial charge in [-0.2, -0.15) is 0 Å². The van der Waals surface area contributed by atoms with Crippen LogP contribution in [0.3, 0.4) is 0 Å². The van der Waals surface area contributed by atoms with Gasteiger partial charge in [0, 0.05) is 22.4 Å². The van der Waals surface area contributed by atoms with Gasteiger partial charge in [0.1, 0.15) is 0 Å². The van der Waals surface area contributed by atoms with Crippen LogP contribution >= 0.6 is 15.9 Å². The molecule has 1 heterocycles. The van der Waals surface area contributed by atoms with Gasteiger partial charge in [-0.3, -0.25) is 4.57 Å². The number of hydrogen-bond acceptors (Lipinski definition) is 2. The molecule has 3 nitrogen and oxygen atoms in total. The van der Waals surface area contributed by atoms with Gasteiger partial charge >= 0.3 is 0 Å². The molecule has 2 aromatic rings. The van der Waals surface area contributed by atoms with Gasteiger partial charge in [0.2, 0.25) is 5.95 Å². The van der Waals surface area contributed by atoms with E-state index in [1.54, 1.807) is 0 Å². The van der Waals surface area contributed by atoms with E-state index in [1.165, 1.54) is 5.56 Å². The number of nitrogens with one attached hydrogen (secondary N) is 1. The standard InChI is InChI=1S/C14H18BrN3/c1-9(2)16-14-17-11(4)8-18(14)12-6-5-10(3)13(15)7-12/h5-9H,1-4H3,(H,16,17). The maximum Gasteiger partial charge on any atom is 0.207 e. The van der Waals surface area contributed by atoms with Gasteiger partial charge in [0.15, 0.2) is 0 Å². The average Bonchev–Trinajstić information content (AvgIpc) is 2.62. The van der Waals surface area contributed by atoms with E-state index < -0.39 is 0 Å². The Morgan fingerprint density at radius 2 is 2.00 bits per heavy atom. The van der Waals surface area contributed by atoms with E-state index in [9.17, 15) is 0 Å². The predicted molar refractivity (Wildman–Crippen MR) is 79.5 cm³/mol. The van der Waals surface area contributed by atoms with Crippen LogP contribution < -0.4 is 5.32 Å². The summed E-state index contributed by atoms with van der Waals surface area (Å²) in [6.07, 6.45) is 2.04. The summed E-state index contributed by atoms with van der Waals surface area (Å²) in [6.45, 7) is 8.31. The molecule has 0 radical (unpaired) electrons. The lowest BCUT2D eigenvalue weighted by molar-refractivity contribution is 0.863. The molecule has 0 atom stereocenters. The number of rotatable bonds is 3. The van der Waals surface area contributed by atoms with Crippen molar-refractivity contribution < 1.29 is 0 Å². The van der Waals surface area contributed by atoms with Crippen molar-refractivity contribution in [1.29, 1.82) is 0 Å². The average molecular weight is 308 g/mol. The molecule has 96 valence electrons. The van der Waals surface area contributed by atoms with Crippen molar-refractivity contribution in [2.75, 3.05) is 5.32 Å². The molecule has 0 unspecified atom stereocenters. The van der Waals surface area contributed by atoms with E-state index in [4.69, 9.17) is 0 Å². The van der Waals surface area contributed by atoms with Gasteiger partial charge in [0.25, 0.3) is 0 Å². The van der Waals surface area contributed by atoms with Crippen molar-refractivity contribution in [3.8, 4) is 5.69 Å². The monoisotopic (exact) mass is 307 g/mol. The van der Waals surface area contributed by atoms with Gasteiger partial charge in [-0.05, 0) is 45.4 Å². The molecule has 0 spiro atoms. The summed E-state index contributed by atoms with van der Waals surface area (Å²) < 4.78 is 3.20. The van der Waals surface area contributed by atoms with E-state index in [0.717, 1.165) is 21.8 Å². The number of nitrogens with zero attached hydrogens (tertiary/aromatic N) is 2. The van der Waals surface area contributed by atoms with E-state index >= 15 is 0 Å². The molecule has 0 aliphatic heterocycles. The summed E-state index contributed by atoms with van der Waals surface area (Å²) in [6, 6.07) is 6.68. The number of benzene rings is 1. The lowest BCUT2D eigenvalue weighted by Gasteiger charge is -2.13. The molecule has 0 saturated carbocycles. The molecule has 0 saturated heterocycles. The molecular formula is C14H18BrN3. The smallest absolute Gasteiger partial charge is 0.207 e. The Morgan fingerprint density at radius 3 is 2.61 bits per heavy atom. The van der Waals surface area contributed by atoms with Crippen LogP contribution in [0.1, 0.15) is 25.1 Å². The van der Waals surface area contributed by atoms with Crippen molar-refractivity contribution >= 4 is 21.9 Å². The minimum absolute atomic E-state index is 0.361. The second-order valence-electron chi connectivity index (χ2n) is 4.81. The fraction of sp³-hybridized carbons (Fsp3) is 0.357. The van der Waals surface area contributed by atoms with Gasteiger partial charge in [-0.15, -0.1) is 0 Å². The third-order valence-electron chi connectivity index (χ3n) is 2.68. The van der Waals surface area contributed by atoms with E-state index in [0.29, 0.717) is 6.04 Å². The Bertz CT molecular complexity index is 558. The Kier molecular flexibility index (Phi) is 3.76. The summed E-state index contributed by atoms with van der Waals surface area (Å²) in [7, 11) is 0. The van der Waals surface area contributed by atoms with Crippen LogP contribution in [0.4, 0.5) is 5.95 Å². The number of aromatic nitrogens is 2. The zero-order valence-electron chi connectivity index (χ0n) is 11.2. The van der Waals surface area contributed by atoms with Gasteiger partial charge in [-0.25, -0.2) is 4.98 Å². The number of hydrogen-bond donors (Lipinski definition) is 1. The minimum Gasteiger partial charge on any atom is -0.353 e. The lowest BCUT2D eigenvalue weighted by atomic mass is 10.2. The Balaban J connectivity index is 2.45. The van der Waals surface area contributed by atoms with Crippen molar-refractivity contribution in [3.63, 3.8) is 0 Å². The number of anilines is 1. The molecule has 1 aromatic heterocycles. The molecule has 0 aliphatic rings. The normalized spacial score (nSPS) is 11.0. The van der Waals surface area contributed by atoms with Crippen LogP contribution in [0.15, 0.2) is 28.9 Å². The fourth-order valence-electron chi connectivity index (χ4n) is 1.79. The summed E-state index contributed by atoms with van der Waals surface area (Å²) in [5.41, 5.74) is 3.35. The van der Waals surface area contributed by atoms with E-state index in [1.807, 2.05) is 13.1 Å². The molecule has 2 rings (SSSR count). The topological polar surface area (TPSA) is 29.9 Å². The van der Waals surface area contributed by atoms with Gasteiger partial charge < -0.3 is 5.32 Å². The zero-order chi connectivity index (χ0) is 13.3. The van der Waals surface area contributed by atoms with Crippen LogP contribution in [0, 0.1) is 13.8 Å². The Hall–Kier alpha value is -1.29. The third-order valence-corrected chi connectivity index (χ3v) is 3.53. The molecule has 1 N–H and O–H groups in total. The molecule has 0 bridgehead atoms. The number of aryl methyl sites for hydroxylation is 2. The Morgan fingerprint density at radius 1 is 1.28 bits per heavy atom. The van der Waals surface area contributed by atoms with E-state index in [-0.39, 0.29) is 0 Å². The maximum atomic E-state index is 4.52. The maximum absolute atomic E-state index is 4.52. The van der Waals surface area contributed by atoms with Crippen LogP contribution in [0.5, 0.6) is 0 Å². The highest BCUT2D eigenvalue weighted by Crippen LogP contribution is 2.23. The van der Waals surface area contributed by atoms with Crippen LogP contribution in [-0.2, 0) is 0 Å². The predicted octanol–water partition coefficient (Wildman–Crippen LogP) is 4.07. The Labute approximate surface area is 116 Å². The lowest BCUT2D eigenvalue weighted by Crippen LogP contribution is -2.13. The quantitative estimate of drug-likeness (QED) is 0.926. The highest BCUT2D eigenvalue weighted by atomic mass is 79.9. The highest BCUT2D eigenvalue weighted by molar-refractivity contribution is 9.10. The first-order chi connectivity index (χ1) is 8.47. The molecular weight excluding hydrogens is 290 g/mol. The van der Waals surface area contributed by atoms with Crippen molar-refractivity contribution in [3.05, 3.63) is 40.1 Å².